The average molecular weight is 308 g/mol. The number of ether oxygens (including phenoxy) is 1. The molecule has 1 aliphatic rings. The fourth-order valence-corrected chi connectivity index (χ4v) is 2.77. The molecule has 1 aromatic heterocycles. The van der Waals surface area contributed by atoms with Crippen LogP contribution in [0.15, 0.2) is 28.9 Å². The molecule has 1 aromatic carbocycles. The number of nitrogens with one attached hydrogen (secondary N) is 1. The average Bonchev–Trinajstić information content (AvgIpc) is 2.77. The van der Waals surface area contributed by atoms with Crippen molar-refractivity contribution < 1.29 is 4.74 Å². The van der Waals surface area contributed by atoms with Crippen molar-refractivity contribution in [1.82, 2.24) is 14.9 Å². The number of methoxy groups -OCH3 is 1. The first kappa shape index (κ1) is 11.7. The van der Waals surface area contributed by atoms with E-state index in [1.807, 2.05) is 18.2 Å². The second-order valence-electron chi connectivity index (χ2n) is 4.23. The minimum Gasteiger partial charge on any atom is -0.497 e. The Morgan fingerprint density at radius 3 is 3.17 bits per heavy atom. The standard InChI is InChI=1S/C13H14BrN3O/c1-18-10-4-2-3-9(7-10)13-16-12(14)11-8-15-5-6-17(11)13/h2-4,7,15H,5-6,8H2,1H3. The van der Waals surface area contributed by atoms with Crippen molar-refractivity contribution >= 4 is 15.9 Å². The summed E-state index contributed by atoms with van der Waals surface area (Å²) in [7, 11) is 1.68. The maximum Gasteiger partial charge on any atom is 0.141 e. The minimum atomic E-state index is 0.856. The van der Waals surface area contributed by atoms with Crippen molar-refractivity contribution in [3.8, 4) is 17.1 Å². The van der Waals surface area contributed by atoms with Crippen LogP contribution in [-0.4, -0.2) is 23.2 Å². The summed E-state index contributed by atoms with van der Waals surface area (Å²) < 4.78 is 8.45. The Kier molecular flexibility index (Phi) is 3.09. The highest BCUT2D eigenvalue weighted by molar-refractivity contribution is 9.10. The number of aromatic nitrogens is 2. The molecule has 3 rings (SSSR count). The molecule has 0 unspecified atom stereocenters. The van der Waals surface area contributed by atoms with Gasteiger partial charge in [-0.15, -0.1) is 0 Å². The van der Waals surface area contributed by atoms with Crippen LogP contribution >= 0.6 is 15.9 Å². The highest BCUT2D eigenvalue weighted by atomic mass is 79.9. The SMILES string of the molecule is COc1cccc(-c2nc(Br)c3n2CCNC3)c1. The van der Waals surface area contributed by atoms with Gasteiger partial charge in [0, 0.05) is 25.2 Å². The van der Waals surface area contributed by atoms with Gasteiger partial charge in [0.15, 0.2) is 0 Å². The lowest BCUT2D eigenvalue weighted by Crippen LogP contribution is -2.28. The second kappa shape index (κ2) is 4.74. The third-order valence-corrected chi connectivity index (χ3v) is 3.79. The van der Waals surface area contributed by atoms with Crippen molar-refractivity contribution in [2.75, 3.05) is 13.7 Å². The highest BCUT2D eigenvalue weighted by Gasteiger charge is 2.19. The molecule has 4 nitrogen and oxygen atoms in total. The zero-order chi connectivity index (χ0) is 12.5. The van der Waals surface area contributed by atoms with Gasteiger partial charge in [-0.1, -0.05) is 12.1 Å². The van der Waals surface area contributed by atoms with Crippen LogP contribution in [0.2, 0.25) is 0 Å². The quantitative estimate of drug-likeness (QED) is 0.926. The van der Waals surface area contributed by atoms with E-state index in [4.69, 9.17) is 4.74 Å². The van der Waals surface area contributed by atoms with E-state index in [-0.39, 0.29) is 0 Å². The first-order valence-electron chi connectivity index (χ1n) is 5.89. The first-order chi connectivity index (χ1) is 8.79. The molecule has 0 fully saturated rings. The third kappa shape index (κ3) is 1.93. The fourth-order valence-electron chi connectivity index (χ4n) is 2.25. The van der Waals surface area contributed by atoms with Crippen LogP contribution in [0.1, 0.15) is 5.69 Å². The second-order valence-corrected chi connectivity index (χ2v) is 4.98. The van der Waals surface area contributed by atoms with Gasteiger partial charge < -0.3 is 14.6 Å². The maximum atomic E-state index is 5.27. The van der Waals surface area contributed by atoms with Gasteiger partial charge in [-0.3, -0.25) is 0 Å². The van der Waals surface area contributed by atoms with E-state index < -0.39 is 0 Å². The van der Waals surface area contributed by atoms with Gasteiger partial charge in [0.25, 0.3) is 0 Å². The van der Waals surface area contributed by atoms with E-state index in [1.54, 1.807) is 7.11 Å². The van der Waals surface area contributed by atoms with Crippen LogP contribution in [-0.2, 0) is 13.1 Å². The van der Waals surface area contributed by atoms with Crippen molar-refractivity contribution in [3.05, 3.63) is 34.6 Å². The van der Waals surface area contributed by atoms with Gasteiger partial charge in [-0.05, 0) is 28.1 Å². The largest absolute Gasteiger partial charge is 0.497 e. The predicted octanol–water partition coefficient (Wildman–Crippen LogP) is 2.42. The topological polar surface area (TPSA) is 39.1 Å². The van der Waals surface area contributed by atoms with E-state index in [0.717, 1.165) is 41.4 Å². The summed E-state index contributed by atoms with van der Waals surface area (Å²) in [6, 6.07) is 8.02. The van der Waals surface area contributed by atoms with Gasteiger partial charge in [0.05, 0.1) is 12.8 Å². The van der Waals surface area contributed by atoms with Crippen molar-refractivity contribution in [2.45, 2.75) is 13.1 Å². The van der Waals surface area contributed by atoms with Crippen LogP contribution in [0.25, 0.3) is 11.4 Å². The number of nitrogens with zero attached hydrogens (tertiary/aromatic N) is 2. The Labute approximate surface area is 114 Å². The van der Waals surface area contributed by atoms with Crippen molar-refractivity contribution in [1.29, 1.82) is 0 Å². The molecular formula is C13H14BrN3O. The Hall–Kier alpha value is -1.33. The lowest BCUT2D eigenvalue weighted by molar-refractivity contribution is 0.415. The van der Waals surface area contributed by atoms with E-state index in [2.05, 4.69) is 36.9 Å². The normalized spacial score (nSPS) is 14.3. The van der Waals surface area contributed by atoms with E-state index in [9.17, 15) is 0 Å². The molecule has 1 aliphatic heterocycles. The summed E-state index contributed by atoms with van der Waals surface area (Å²) in [4.78, 5) is 4.62. The molecule has 94 valence electrons. The molecule has 2 aromatic rings. The summed E-state index contributed by atoms with van der Waals surface area (Å²) in [5.41, 5.74) is 2.29. The number of hydrogen-bond donors (Lipinski definition) is 1. The van der Waals surface area contributed by atoms with Crippen molar-refractivity contribution in [2.24, 2.45) is 0 Å². The number of benzene rings is 1. The van der Waals surface area contributed by atoms with Gasteiger partial charge in [0.1, 0.15) is 16.2 Å². The van der Waals surface area contributed by atoms with Crippen LogP contribution < -0.4 is 10.1 Å². The lowest BCUT2D eigenvalue weighted by atomic mass is 10.2. The van der Waals surface area contributed by atoms with Gasteiger partial charge >= 0.3 is 0 Å². The molecule has 0 atom stereocenters. The van der Waals surface area contributed by atoms with Crippen LogP contribution in [0.5, 0.6) is 5.75 Å². The van der Waals surface area contributed by atoms with Crippen LogP contribution in [0, 0.1) is 0 Å². The molecule has 0 spiro atoms. The molecule has 0 saturated heterocycles. The Bertz CT molecular complexity index is 580. The lowest BCUT2D eigenvalue weighted by Gasteiger charge is -2.18. The maximum absolute atomic E-state index is 5.27. The predicted molar refractivity (Wildman–Crippen MR) is 73.6 cm³/mol. The van der Waals surface area contributed by atoms with E-state index in [0.29, 0.717) is 0 Å². The molecule has 0 amide bonds. The fraction of sp³-hybridized carbons (Fsp3) is 0.308. The van der Waals surface area contributed by atoms with Crippen LogP contribution in [0.3, 0.4) is 0 Å². The van der Waals surface area contributed by atoms with E-state index >= 15 is 0 Å². The first-order valence-corrected chi connectivity index (χ1v) is 6.69. The van der Waals surface area contributed by atoms with Crippen LogP contribution in [0.4, 0.5) is 0 Å². The molecule has 2 heterocycles. The number of rotatable bonds is 2. The zero-order valence-corrected chi connectivity index (χ0v) is 11.7. The molecule has 18 heavy (non-hydrogen) atoms. The Morgan fingerprint density at radius 2 is 2.33 bits per heavy atom. The summed E-state index contributed by atoms with van der Waals surface area (Å²) in [6.45, 7) is 2.78. The van der Waals surface area contributed by atoms with Gasteiger partial charge in [-0.2, -0.15) is 0 Å². The highest BCUT2D eigenvalue weighted by Crippen LogP contribution is 2.29. The monoisotopic (exact) mass is 307 g/mol. The smallest absolute Gasteiger partial charge is 0.141 e. The van der Waals surface area contributed by atoms with Gasteiger partial charge in [-0.25, -0.2) is 4.98 Å². The summed E-state index contributed by atoms with van der Waals surface area (Å²) >= 11 is 3.53. The number of fused-ring (bicyclic) bond motifs is 1. The molecule has 0 radical (unpaired) electrons. The third-order valence-electron chi connectivity index (χ3n) is 3.16. The number of halogens is 1. The van der Waals surface area contributed by atoms with Gasteiger partial charge in [0.2, 0.25) is 0 Å². The molecule has 5 heteroatoms. The molecule has 0 saturated carbocycles. The summed E-state index contributed by atoms with van der Waals surface area (Å²) in [5.74, 6) is 1.85. The molecule has 1 N–H and O–H groups in total. The molecular weight excluding hydrogens is 294 g/mol. The summed E-state index contributed by atoms with van der Waals surface area (Å²) in [6.07, 6.45) is 0. The van der Waals surface area contributed by atoms with Crippen molar-refractivity contribution in [3.63, 3.8) is 0 Å². The zero-order valence-electron chi connectivity index (χ0n) is 10.1. The molecule has 0 aliphatic carbocycles. The number of hydrogen-bond acceptors (Lipinski definition) is 3. The minimum absolute atomic E-state index is 0.856. The number of imidazole rings is 1. The van der Waals surface area contributed by atoms with E-state index in [1.165, 1.54) is 5.69 Å². The summed E-state index contributed by atoms with van der Waals surface area (Å²) in [5, 5.41) is 3.35. The molecule has 0 bridgehead atoms. The Balaban J connectivity index is 2.11. The Morgan fingerprint density at radius 1 is 1.44 bits per heavy atom.